The molecule has 14 nitrogen and oxygen atoms in total. The summed E-state index contributed by atoms with van der Waals surface area (Å²) in [6.45, 7) is 5.63. The van der Waals surface area contributed by atoms with Gasteiger partial charge in [0.05, 0.1) is 47.2 Å². The van der Waals surface area contributed by atoms with Crippen molar-refractivity contribution in [2.75, 3.05) is 54.7 Å². The Bertz CT molecular complexity index is 2170. The highest BCUT2D eigenvalue weighted by Crippen LogP contribution is 2.40. The maximum Gasteiger partial charge on any atom is 0.417 e. The first-order valence-corrected chi connectivity index (χ1v) is 18.8. The first-order valence-electron chi connectivity index (χ1n) is 18.4. The molecule has 1 unspecified atom stereocenters. The molecule has 18 heteroatoms. The number of nitrogens with one attached hydrogen (secondary N) is 2. The zero-order chi connectivity index (χ0) is 41.8. The Labute approximate surface area is 336 Å². The number of rotatable bonds is 16. The Kier molecular flexibility index (Phi) is 12.4. The number of alkyl halides is 3. The number of imide groups is 2. The van der Waals surface area contributed by atoms with Gasteiger partial charge in [0.2, 0.25) is 11.8 Å². The third-order valence-electron chi connectivity index (χ3n) is 9.76. The third-order valence-corrected chi connectivity index (χ3v) is 10.1. The minimum absolute atomic E-state index is 0.00573. The number of fused-ring (bicyclic) bond motifs is 1. The number of nitrogens with zero attached hydrogens (tertiary/aromatic N) is 4. The van der Waals surface area contributed by atoms with E-state index in [0.29, 0.717) is 69.5 Å². The second-order valence-electron chi connectivity index (χ2n) is 14.0. The largest absolute Gasteiger partial charge is 0.494 e. The Morgan fingerprint density at radius 1 is 0.914 bits per heavy atom. The summed E-state index contributed by atoms with van der Waals surface area (Å²) in [5.74, 6) is -2.23. The van der Waals surface area contributed by atoms with Crippen molar-refractivity contribution >= 4 is 63.9 Å². The van der Waals surface area contributed by atoms with Crippen LogP contribution in [0.1, 0.15) is 71.4 Å². The zero-order valence-electron chi connectivity index (χ0n) is 31.5. The fourth-order valence-corrected chi connectivity index (χ4v) is 7.41. The average molecular weight is 821 g/mol. The highest BCUT2D eigenvalue weighted by molar-refractivity contribution is 7.81. The van der Waals surface area contributed by atoms with Gasteiger partial charge < -0.3 is 24.4 Å². The second-order valence-corrected chi connectivity index (χ2v) is 14.4. The van der Waals surface area contributed by atoms with Crippen LogP contribution in [-0.2, 0) is 30.0 Å². The molecule has 3 aliphatic rings. The van der Waals surface area contributed by atoms with Crippen LogP contribution in [0.15, 0.2) is 60.7 Å². The number of nitriles is 1. The molecule has 0 radical (unpaired) electrons. The van der Waals surface area contributed by atoms with Crippen LogP contribution in [0.2, 0.25) is 0 Å². The highest BCUT2D eigenvalue weighted by atomic mass is 32.1. The molecular formula is C40H39F3N6O8S. The molecule has 0 aromatic heterocycles. The van der Waals surface area contributed by atoms with E-state index in [-0.39, 0.29) is 34.8 Å². The molecule has 2 fully saturated rings. The maximum absolute atomic E-state index is 13.6. The first-order chi connectivity index (χ1) is 27.6. The van der Waals surface area contributed by atoms with Gasteiger partial charge in [-0.15, -0.1) is 0 Å². The van der Waals surface area contributed by atoms with Crippen molar-refractivity contribution < 1.29 is 51.4 Å². The highest BCUT2D eigenvalue weighted by Gasteiger charge is 2.51. The van der Waals surface area contributed by atoms with Crippen molar-refractivity contribution in [3.05, 3.63) is 82.9 Å². The van der Waals surface area contributed by atoms with Gasteiger partial charge in [-0.3, -0.25) is 39.1 Å². The number of halogens is 3. The summed E-state index contributed by atoms with van der Waals surface area (Å²) in [5.41, 5.74) is -1.65. The van der Waals surface area contributed by atoms with Crippen molar-refractivity contribution in [1.29, 1.82) is 5.26 Å². The van der Waals surface area contributed by atoms with Gasteiger partial charge in [0, 0.05) is 50.6 Å². The molecule has 58 heavy (non-hydrogen) atoms. The van der Waals surface area contributed by atoms with E-state index in [1.807, 2.05) is 0 Å². The lowest BCUT2D eigenvalue weighted by Gasteiger charge is -2.29. The quantitative estimate of drug-likeness (QED) is 0.110. The van der Waals surface area contributed by atoms with Gasteiger partial charge in [0.15, 0.2) is 5.11 Å². The lowest BCUT2D eigenvalue weighted by Crippen LogP contribution is -2.54. The van der Waals surface area contributed by atoms with Crippen LogP contribution in [0.3, 0.4) is 0 Å². The van der Waals surface area contributed by atoms with Gasteiger partial charge in [-0.05, 0) is 93.5 Å². The Morgan fingerprint density at radius 2 is 1.59 bits per heavy atom. The molecule has 304 valence electrons. The number of thiocarbonyl (C=S) groups is 1. The molecule has 0 bridgehead atoms. The van der Waals surface area contributed by atoms with Crippen molar-refractivity contribution in [1.82, 2.24) is 10.2 Å². The van der Waals surface area contributed by atoms with Crippen LogP contribution < -0.4 is 25.2 Å². The molecule has 0 saturated carbocycles. The average Bonchev–Trinajstić information content (AvgIpc) is 3.54. The number of carbonyl (C=O) groups is 5. The Balaban J connectivity index is 0.878. The third kappa shape index (κ3) is 8.51. The zero-order valence-corrected chi connectivity index (χ0v) is 32.3. The summed E-state index contributed by atoms with van der Waals surface area (Å²) in [6.07, 6.45) is -3.43. The number of piperidine rings is 1. The minimum atomic E-state index is -4.80. The fraction of sp³-hybridized carbons (Fsp3) is 0.375. The summed E-state index contributed by atoms with van der Waals surface area (Å²) < 4.78 is 58.1. The summed E-state index contributed by atoms with van der Waals surface area (Å²) in [4.78, 5) is 67.1. The molecule has 2 N–H and O–H groups in total. The number of amides is 5. The van der Waals surface area contributed by atoms with E-state index in [2.05, 4.69) is 10.6 Å². The van der Waals surface area contributed by atoms with Crippen LogP contribution in [0, 0.1) is 11.3 Å². The lowest BCUT2D eigenvalue weighted by molar-refractivity contribution is -0.138. The molecule has 0 aliphatic carbocycles. The van der Waals surface area contributed by atoms with Crippen molar-refractivity contribution in [2.24, 2.45) is 0 Å². The standard InChI is InChI=1S/C40H39F3N6O8S/c1-39(2)37(54)47(26-9-8-24(23-44)29(22-26)40(41,42)43)38(58)49(39)25-10-12-27(13-11-25)57-20-5-19-55-17-4-18-56-21-16-45-30-7-3-6-28-33(30)36(53)48(35(28)52)31-14-15-32(50)46-34(31)51/h3,6-13,22,31,45H,4-5,14-21H2,1-2H3,(H,46,50,51). The van der Waals surface area contributed by atoms with Gasteiger partial charge in [0.1, 0.15) is 17.3 Å². The summed E-state index contributed by atoms with van der Waals surface area (Å²) in [7, 11) is 0. The normalized spacial score (nSPS) is 17.8. The molecule has 5 amide bonds. The van der Waals surface area contributed by atoms with Crippen molar-refractivity contribution in [3.8, 4) is 11.8 Å². The molecule has 2 saturated heterocycles. The molecule has 1 atom stereocenters. The Morgan fingerprint density at radius 3 is 2.26 bits per heavy atom. The topological polar surface area (TPSA) is 171 Å². The maximum atomic E-state index is 13.6. The van der Waals surface area contributed by atoms with Crippen molar-refractivity contribution in [3.63, 3.8) is 0 Å². The van der Waals surface area contributed by atoms with E-state index < -0.39 is 58.4 Å². The number of anilines is 3. The van der Waals surface area contributed by atoms with Gasteiger partial charge in [-0.25, -0.2) is 0 Å². The smallest absolute Gasteiger partial charge is 0.417 e. The SMILES string of the molecule is CC1(C)C(=O)N(c2ccc(C#N)c(C(F)(F)F)c2)C(=S)N1c1ccc(OCCCOCCCOCCNc2cccc3c2C(=O)N(C2CCC(=O)NC2=O)C3=O)cc1. The van der Waals surface area contributed by atoms with Gasteiger partial charge in [-0.1, -0.05) is 6.07 Å². The fourth-order valence-electron chi connectivity index (χ4n) is 6.89. The number of ether oxygens (including phenoxy) is 3. The summed E-state index contributed by atoms with van der Waals surface area (Å²) in [5, 5.41) is 14.5. The second kappa shape index (κ2) is 17.3. The summed E-state index contributed by atoms with van der Waals surface area (Å²) >= 11 is 5.60. The minimum Gasteiger partial charge on any atom is -0.494 e. The predicted octanol–water partition coefficient (Wildman–Crippen LogP) is 5.20. The molecule has 3 aromatic carbocycles. The molecule has 3 aliphatic heterocycles. The van der Waals surface area contributed by atoms with Crippen LogP contribution in [0.25, 0.3) is 0 Å². The predicted molar refractivity (Wildman–Crippen MR) is 207 cm³/mol. The van der Waals surface area contributed by atoms with E-state index in [0.717, 1.165) is 21.9 Å². The molecule has 3 aromatic rings. The van der Waals surface area contributed by atoms with Crippen LogP contribution >= 0.6 is 12.2 Å². The number of carbonyl (C=O) groups excluding carboxylic acids is 5. The van der Waals surface area contributed by atoms with E-state index in [1.165, 1.54) is 18.2 Å². The van der Waals surface area contributed by atoms with E-state index in [4.69, 9.17) is 31.7 Å². The van der Waals surface area contributed by atoms with Gasteiger partial charge in [-0.2, -0.15) is 18.4 Å². The first kappa shape index (κ1) is 41.7. The number of hydrogen-bond donors (Lipinski definition) is 2. The molecule has 3 heterocycles. The molecule has 6 rings (SSSR count). The van der Waals surface area contributed by atoms with Crippen molar-refractivity contribution in [2.45, 2.75) is 57.3 Å². The van der Waals surface area contributed by atoms with Crippen LogP contribution in [0.4, 0.5) is 30.2 Å². The lowest BCUT2D eigenvalue weighted by atomic mass is 10.0. The number of benzene rings is 3. The summed E-state index contributed by atoms with van der Waals surface area (Å²) in [6, 6.07) is 15.2. The van der Waals surface area contributed by atoms with E-state index in [1.54, 1.807) is 55.1 Å². The van der Waals surface area contributed by atoms with Gasteiger partial charge in [0.25, 0.3) is 17.7 Å². The number of hydrogen-bond acceptors (Lipinski definition) is 11. The van der Waals surface area contributed by atoms with E-state index >= 15 is 0 Å². The monoisotopic (exact) mass is 820 g/mol. The van der Waals surface area contributed by atoms with Crippen LogP contribution in [-0.4, -0.2) is 90.7 Å². The molecule has 0 spiro atoms. The van der Waals surface area contributed by atoms with Crippen LogP contribution in [0.5, 0.6) is 5.75 Å². The van der Waals surface area contributed by atoms with Gasteiger partial charge >= 0.3 is 6.18 Å². The van der Waals surface area contributed by atoms with E-state index in [9.17, 15) is 37.1 Å². The Hall–Kier alpha value is -5.90. The molecular weight excluding hydrogens is 782 g/mol.